The zero-order valence-electron chi connectivity index (χ0n) is 18.6. The van der Waals surface area contributed by atoms with Crippen molar-refractivity contribution in [3.63, 3.8) is 0 Å². The first-order valence-electron chi connectivity index (χ1n) is 10.0. The Balaban J connectivity index is 2.18. The number of hydrogen-bond acceptors (Lipinski definition) is 3. The largest absolute Gasteiger partial charge is 0.483 e. The van der Waals surface area contributed by atoms with Crippen LogP contribution in [-0.4, -0.2) is 34.9 Å². The van der Waals surface area contributed by atoms with E-state index in [2.05, 4.69) is 5.32 Å². The summed E-state index contributed by atoms with van der Waals surface area (Å²) in [7, 11) is 0. The lowest BCUT2D eigenvalue weighted by Gasteiger charge is -2.31. The van der Waals surface area contributed by atoms with Crippen LogP contribution in [0.5, 0.6) is 5.75 Å². The summed E-state index contributed by atoms with van der Waals surface area (Å²) in [6.07, 6.45) is 0. The summed E-state index contributed by atoms with van der Waals surface area (Å²) in [5, 5.41) is 2.90. The number of carbonyl (C=O) groups excluding carboxylic acids is 2. The number of rotatable bonds is 7. The predicted octanol–water partition coefficient (Wildman–Crippen LogP) is 4.15. The van der Waals surface area contributed by atoms with E-state index in [4.69, 9.17) is 4.74 Å². The summed E-state index contributed by atoms with van der Waals surface area (Å²) >= 11 is 0. The standard InChI is InChI=1S/C24H31FN2O3/c1-16-7-12-21(17(2)13-16)30-15-22(28)27(14-19-8-10-20(25)11-9-19)18(3)23(29)26-24(4,5)6/h7-13,18H,14-15H2,1-6H3,(H,26,29)/t18-/m1/s1. The average Bonchev–Trinajstić information content (AvgIpc) is 2.64. The van der Waals surface area contributed by atoms with Gasteiger partial charge >= 0.3 is 0 Å². The van der Waals surface area contributed by atoms with Crippen molar-refractivity contribution >= 4 is 11.8 Å². The Bertz CT molecular complexity index is 888. The van der Waals surface area contributed by atoms with Crippen LogP contribution in [0.2, 0.25) is 0 Å². The van der Waals surface area contributed by atoms with E-state index in [0.29, 0.717) is 5.75 Å². The quantitative estimate of drug-likeness (QED) is 0.740. The molecule has 0 aliphatic carbocycles. The van der Waals surface area contributed by atoms with Gasteiger partial charge in [-0.25, -0.2) is 4.39 Å². The highest BCUT2D eigenvalue weighted by molar-refractivity contribution is 5.88. The molecule has 5 nitrogen and oxygen atoms in total. The molecule has 0 saturated carbocycles. The molecule has 30 heavy (non-hydrogen) atoms. The first-order chi connectivity index (χ1) is 14.0. The summed E-state index contributed by atoms with van der Waals surface area (Å²) < 4.78 is 19.0. The topological polar surface area (TPSA) is 58.6 Å². The van der Waals surface area contributed by atoms with Crippen molar-refractivity contribution in [2.24, 2.45) is 0 Å². The van der Waals surface area contributed by atoms with Crippen molar-refractivity contribution in [3.8, 4) is 5.75 Å². The predicted molar refractivity (Wildman–Crippen MR) is 116 cm³/mol. The number of ether oxygens (including phenoxy) is 1. The molecule has 1 N–H and O–H groups in total. The van der Waals surface area contributed by atoms with Gasteiger partial charge in [-0.05, 0) is 70.9 Å². The van der Waals surface area contributed by atoms with Gasteiger partial charge in [0.25, 0.3) is 5.91 Å². The number of aryl methyl sites for hydroxylation is 2. The Morgan fingerprint density at radius 1 is 1.10 bits per heavy atom. The third-order valence-electron chi connectivity index (χ3n) is 4.61. The van der Waals surface area contributed by atoms with Crippen molar-refractivity contribution in [1.82, 2.24) is 10.2 Å². The van der Waals surface area contributed by atoms with Crippen molar-refractivity contribution < 1.29 is 18.7 Å². The third kappa shape index (κ3) is 6.87. The van der Waals surface area contributed by atoms with Crippen LogP contribution in [0.15, 0.2) is 42.5 Å². The molecule has 0 fully saturated rings. The van der Waals surface area contributed by atoms with Gasteiger partial charge in [-0.2, -0.15) is 0 Å². The molecular formula is C24H31FN2O3. The van der Waals surface area contributed by atoms with E-state index < -0.39 is 11.6 Å². The second-order valence-electron chi connectivity index (χ2n) is 8.62. The zero-order valence-corrected chi connectivity index (χ0v) is 18.6. The minimum atomic E-state index is -0.718. The van der Waals surface area contributed by atoms with Crippen LogP contribution in [0.1, 0.15) is 44.4 Å². The first-order valence-corrected chi connectivity index (χ1v) is 10.0. The van der Waals surface area contributed by atoms with Gasteiger partial charge in [0, 0.05) is 12.1 Å². The molecule has 0 bridgehead atoms. The van der Waals surface area contributed by atoms with Crippen LogP contribution in [0.4, 0.5) is 4.39 Å². The maximum Gasteiger partial charge on any atom is 0.261 e. The monoisotopic (exact) mass is 414 g/mol. The Hall–Kier alpha value is -2.89. The molecular weight excluding hydrogens is 383 g/mol. The lowest BCUT2D eigenvalue weighted by atomic mass is 10.1. The molecule has 2 aromatic carbocycles. The molecule has 6 heteroatoms. The van der Waals surface area contributed by atoms with E-state index in [0.717, 1.165) is 16.7 Å². The normalized spacial score (nSPS) is 12.2. The fourth-order valence-corrected chi connectivity index (χ4v) is 3.03. The Morgan fingerprint density at radius 2 is 1.73 bits per heavy atom. The SMILES string of the molecule is Cc1ccc(OCC(=O)N(Cc2ccc(F)cc2)[C@H](C)C(=O)NC(C)(C)C)c(C)c1. The molecule has 2 amide bonds. The number of benzene rings is 2. The van der Waals surface area contributed by atoms with Gasteiger partial charge in [0.15, 0.2) is 6.61 Å². The van der Waals surface area contributed by atoms with Gasteiger partial charge in [0.1, 0.15) is 17.6 Å². The highest BCUT2D eigenvalue weighted by Crippen LogP contribution is 2.19. The fraction of sp³-hybridized carbons (Fsp3) is 0.417. The van der Waals surface area contributed by atoms with Gasteiger partial charge in [-0.15, -0.1) is 0 Å². The molecule has 0 radical (unpaired) electrons. The van der Waals surface area contributed by atoms with Crippen molar-refractivity contribution in [2.45, 2.75) is 59.7 Å². The van der Waals surface area contributed by atoms with E-state index >= 15 is 0 Å². The molecule has 0 aliphatic heterocycles. The second kappa shape index (κ2) is 9.74. The number of halogens is 1. The highest BCUT2D eigenvalue weighted by Gasteiger charge is 2.28. The van der Waals surface area contributed by atoms with Gasteiger partial charge in [0.05, 0.1) is 0 Å². The van der Waals surface area contributed by atoms with Crippen LogP contribution < -0.4 is 10.1 Å². The minimum Gasteiger partial charge on any atom is -0.483 e. The van der Waals surface area contributed by atoms with E-state index in [1.807, 2.05) is 52.8 Å². The summed E-state index contributed by atoms with van der Waals surface area (Å²) in [5.41, 5.74) is 2.35. The van der Waals surface area contributed by atoms with Crippen LogP contribution in [0.25, 0.3) is 0 Å². The van der Waals surface area contributed by atoms with Gasteiger partial charge in [0.2, 0.25) is 5.91 Å². The van der Waals surface area contributed by atoms with Crippen LogP contribution >= 0.6 is 0 Å². The number of carbonyl (C=O) groups is 2. The molecule has 0 spiro atoms. The average molecular weight is 415 g/mol. The van der Waals surface area contributed by atoms with E-state index in [9.17, 15) is 14.0 Å². The maximum atomic E-state index is 13.3. The maximum absolute atomic E-state index is 13.3. The van der Waals surface area contributed by atoms with Gasteiger partial charge in [-0.3, -0.25) is 9.59 Å². The van der Waals surface area contributed by atoms with E-state index in [1.165, 1.54) is 17.0 Å². The Morgan fingerprint density at radius 3 is 2.30 bits per heavy atom. The Kier molecular flexibility index (Phi) is 7.59. The number of amides is 2. The third-order valence-corrected chi connectivity index (χ3v) is 4.61. The van der Waals surface area contributed by atoms with E-state index in [-0.39, 0.29) is 30.8 Å². The van der Waals surface area contributed by atoms with Crippen molar-refractivity contribution in [1.29, 1.82) is 0 Å². The smallest absolute Gasteiger partial charge is 0.261 e. The number of nitrogens with one attached hydrogen (secondary N) is 1. The van der Waals surface area contributed by atoms with Crippen LogP contribution in [0, 0.1) is 19.7 Å². The Labute approximate surface area is 178 Å². The molecule has 0 saturated heterocycles. The van der Waals surface area contributed by atoms with Crippen LogP contribution in [0.3, 0.4) is 0 Å². The molecule has 0 aliphatic rings. The van der Waals surface area contributed by atoms with Crippen LogP contribution in [-0.2, 0) is 16.1 Å². The summed E-state index contributed by atoms with van der Waals surface area (Å²) in [6, 6.07) is 10.9. The van der Waals surface area contributed by atoms with Crippen molar-refractivity contribution in [3.05, 3.63) is 65.0 Å². The van der Waals surface area contributed by atoms with Gasteiger partial charge < -0.3 is 15.0 Å². The van der Waals surface area contributed by atoms with Gasteiger partial charge in [-0.1, -0.05) is 29.8 Å². The number of hydrogen-bond donors (Lipinski definition) is 1. The van der Waals surface area contributed by atoms with E-state index in [1.54, 1.807) is 19.1 Å². The van der Waals surface area contributed by atoms with Crippen molar-refractivity contribution in [2.75, 3.05) is 6.61 Å². The number of nitrogens with zero attached hydrogens (tertiary/aromatic N) is 1. The fourth-order valence-electron chi connectivity index (χ4n) is 3.03. The first kappa shape index (κ1) is 23.4. The molecule has 0 aromatic heterocycles. The highest BCUT2D eigenvalue weighted by atomic mass is 19.1. The molecule has 0 heterocycles. The molecule has 162 valence electrons. The minimum absolute atomic E-state index is 0.175. The lowest BCUT2D eigenvalue weighted by molar-refractivity contribution is -0.142. The molecule has 1 atom stereocenters. The molecule has 0 unspecified atom stereocenters. The summed E-state index contributed by atoms with van der Waals surface area (Å²) in [6.45, 7) is 11.2. The second-order valence-corrected chi connectivity index (χ2v) is 8.62. The summed E-state index contributed by atoms with van der Waals surface area (Å²) in [4.78, 5) is 27.2. The summed E-state index contributed by atoms with van der Waals surface area (Å²) in [5.74, 6) is -0.309. The molecule has 2 aromatic rings. The zero-order chi connectivity index (χ0) is 22.5. The lowest BCUT2D eigenvalue weighted by Crippen LogP contribution is -2.53. The molecule has 2 rings (SSSR count).